The average molecular weight is 225 g/mol. The van der Waals surface area contributed by atoms with E-state index in [0.717, 1.165) is 0 Å². The van der Waals surface area contributed by atoms with Crippen LogP contribution in [0, 0.1) is 0 Å². The van der Waals surface area contributed by atoms with E-state index in [1.807, 2.05) is 0 Å². The van der Waals surface area contributed by atoms with E-state index < -0.39 is 5.97 Å². The van der Waals surface area contributed by atoms with E-state index in [1.54, 1.807) is 10.9 Å². The van der Waals surface area contributed by atoms with Crippen LogP contribution < -0.4 is 0 Å². The molecular formula is C8H7N3O3S. The number of methoxy groups -OCH3 is 1. The van der Waals surface area contributed by atoms with E-state index in [4.69, 9.17) is 4.52 Å². The minimum atomic E-state index is -0.413. The molecule has 7 heteroatoms. The lowest BCUT2D eigenvalue weighted by atomic mass is 10.4. The minimum Gasteiger partial charge on any atom is -0.469 e. The fraction of sp³-hybridized carbons (Fsp3) is 0.250. The predicted octanol–water partition coefficient (Wildman–Crippen LogP) is 0.909. The molecule has 0 saturated heterocycles. The molecule has 0 aliphatic heterocycles. The third-order valence-corrected chi connectivity index (χ3v) is 2.24. The van der Waals surface area contributed by atoms with Gasteiger partial charge in [-0.3, -0.25) is 4.79 Å². The molecule has 0 aliphatic rings. The van der Waals surface area contributed by atoms with Crippen molar-refractivity contribution in [1.29, 1.82) is 0 Å². The zero-order valence-corrected chi connectivity index (χ0v) is 8.65. The van der Waals surface area contributed by atoms with Crippen LogP contribution in [-0.4, -0.2) is 28.2 Å². The van der Waals surface area contributed by atoms with E-state index in [9.17, 15) is 4.79 Å². The van der Waals surface area contributed by atoms with Crippen LogP contribution in [0.1, 0.15) is 5.89 Å². The molecule has 0 bridgehead atoms. The fourth-order valence-corrected chi connectivity index (χ4v) is 1.48. The van der Waals surface area contributed by atoms with Crippen molar-refractivity contribution in [2.24, 2.45) is 0 Å². The van der Waals surface area contributed by atoms with Gasteiger partial charge in [-0.1, -0.05) is 5.16 Å². The molecule has 0 spiro atoms. The normalized spacial score (nSPS) is 10.2. The van der Waals surface area contributed by atoms with E-state index in [0.29, 0.717) is 11.5 Å². The second-order valence-electron chi connectivity index (χ2n) is 2.64. The van der Waals surface area contributed by atoms with Crippen molar-refractivity contribution in [3.8, 4) is 11.5 Å². The second-order valence-corrected chi connectivity index (χ2v) is 3.36. The van der Waals surface area contributed by atoms with Crippen molar-refractivity contribution in [2.45, 2.75) is 6.42 Å². The zero-order chi connectivity index (χ0) is 10.7. The number of aromatic nitrogens is 3. The topological polar surface area (TPSA) is 78.1 Å². The first-order valence-electron chi connectivity index (χ1n) is 4.07. The summed E-state index contributed by atoms with van der Waals surface area (Å²) in [5.41, 5.74) is 2.31. The Kier molecular flexibility index (Phi) is 2.72. The Morgan fingerprint density at radius 2 is 2.53 bits per heavy atom. The fourth-order valence-electron chi connectivity index (χ4n) is 0.949. The molecule has 2 heterocycles. The predicted molar refractivity (Wildman–Crippen MR) is 51.1 cm³/mol. The van der Waals surface area contributed by atoms with Crippen molar-refractivity contribution >= 4 is 17.3 Å². The summed E-state index contributed by atoms with van der Waals surface area (Å²) in [5.74, 6) is 0.198. The summed E-state index contributed by atoms with van der Waals surface area (Å²) < 4.78 is 9.34. The van der Waals surface area contributed by atoms with Gasteiger partial charge in [0.2, 0.25) is 11.7 Å². The van der Waals surface area contributed by atoms with Gasteiger partial charge >= 0.3 is 5.97 Å². The van der Waals surface area contributed by atoms with Crippen molar-refractivity contribution in [2.75, 3.05) is 7.11 Å². The van der Waals surface area contributed by atoms with E-state index in [1.165, 1.54) is 18.4 Å². The second kappa shape index (κ2) is 4.18. The maximum absolute atomic E-state index is 10.9. The third-order valence-electron chi connectivity index (χ3n) is 1.65. The molecule has 2 rings (SSSR count). The van der Waals surface area contributed by atoms with Crippen molar-refractivity contribution in [3.63, 3.8) is 0 Å². The number of esters is 1. The van der Waals surface area contributed by atoms with E-state index in [2.05, 4.69) is 19.9 Å². The lowest BCUT2D eigenvalue weighted by Crippen LogP contribution is -2.04. The molecule has 0 unspecified atom stereocenters. The molecule has 6 nitrogen and oxygen atoms in total. The number of rotatable bonds is 3. The number of carbonyl (C=O) groups is 1. The molecule has 0 atom stereocenters. The smallest absolute Gasteiger partial charge is 0.315 e. The number of carbonyl (C=O) groups excluding carboxylic acids is 1. The quantitative estimate of drug-likeness (QED) is 0.722. The summed E-state index contributed by atoms with van der Waals surface area (Å²) in [6.07, 6.45) is -0.0202. The highest BCUT2D eigenvalue weighted by Crippen LogP contribution is 2.15. The van der Waals surface area contributed by atoms with Gasteiger partial charge < -0.3 is 9.26 Å². The summed E-state index contributed by atoms with van der Waals surface area (Å²) in [7, 11) is 1.31. The monoisotopic (exact) mass is 225 g/mol. The van der Waals surface area contributed by atoms with Crippen LogP contribution in [0.2, 0.25) is 0 Å². The molecule has 0 N–H and O–H groups in total. The van der Waals surface area contributed by atoms with Crippen LogP contribution in [0.3, 0.4) is 0 Å². The summed E-state index contributed by atoms with van der Waals surface area (Å²) in [5, 5.41) is 5.49. The largest absolute Gasteiger partial charge is 0.469 e. The number of nitrogens with zero attached hydrogens (tertiary/aromatic N) is 3. The zero-order valence-electron chi connectivity index (χ0n) is 7.84. The third kappa shape index (κ3) is 2.18. The highest BCUT2D eigenvalue weighted by atomic mass is 32.1. The van der Waals surface area contributed by atoms with Gasteiger partial charge in [0.25, 0.3) is 0 Å². The van der Waals surface area contributed by atoms with Crippen LogP contribution in [0.5, 0.6) is 0 Å². The molecule has 0 aromatic carbocycles. The molecule has 78 valence electrons. The average Bonchev–Trinajstić information content (AvgIpc) is 2.85. The van der Waals surface area contributed by atoms with Gasteiger partial charge in [0, 0.05) is 5.38 Å². The molecule has 0 aliphatic carbocycles. The van der Waals surface area contributed by atoms with Crippen LogP contribution in [-0.2, 0) is 16.0 Å². The van der Waals surface area contributed by atoms with Gasteiger partial charge in [0.05, 0.1) is 12.6 Å². The lowest BCUT2D eigenvalue weighted by molar-refractivity contribution is -0.140. The maximum atomic E-state index is 10.9. The highest BCUT2D eigenvalue weighted by molar-refractivity contribution is 7.07. The number of hydrogen-bond donors (Lipinski definition) is 0. The summed E-state index contributed by atoms with van der Waals surface area (Å²) in [6.45, 7) is 0. The summed E-state index contributed by atoms with van der Waals surface area (Å²) >= 11 is 1.44. The van der Waals surface area contributed by atoms with Gasteiger partial charge in [0.15, 0.2) is 0 Å². The van der Waals surface area contributed by atoms with Crippen molar-refractivity contribution in [3.05, 3.63) is 16.8 Å². The first-order valence-corrected chi connectivity index (χ1v) is 5.02. The van der Waals surface area contributed by atoms with Crippen LogP contribution in [0.15, 0.2) is 15.4 Å². The molecule has 0 fully saturated rings. The molecule has 2 aromatic rings. The standard InChI is InChI=1S/C8H7N3O3S/c1-13-7(12)2-6-10-8(11-14-6)5-3-15-4-9-5/h3-4H,2H2,1H3. The Bertz CT molecular complexity index is 451. The van der Waals surface area contributed by atoms with Gasteiger partial charge in [-0.15, -0.1) is 11.3 Å². The van der Waals surface area contributed by atoms with Crippen molar-refractivity contribution in [1.82, 2.24) is 15.1 Å². The Labute approximate surface area is 88.9 Å². The highest BCUT2D eigenvalue weighted by Gasteiger charge is 2.13. The van der Waals surface area contributed by atoms with Gasteiger partial charge in [-0.25, -0.2) is 4.98 Å². The minimum absolute atomic E-state index is 0.0202. The van der Waals surface area contributed by atoms with E-state index in [-0.39, 0.29) is 12.3 Å². The van der Waals surface area contributed by atoms with E-state index >= 15 is 0 Å². The SMILES string of the molecule is COC(=O)Cc1nc(-c2cscn2)no1. The summed E-state index contributed by atoms with van der Waals surface area (Å²) in [4.78, 5) is 18.9. The van der Waals surface area contributed by atoms with Gasteiger partial charge in [0.1, 0.15) is 12.1 Å². The molecule has 0 amide bonds. The Balaban J connectivity index is 2.14. The Morgan fingerprint density at radius 3 is 3.20 bits per heavy atom. The van der Waals surface area contributed by atoms with Gasteiger partial charge in [-0.2, -0.15) is 4.98 Å². The van der Waals surface area contributed by atoms with Crippen LogP contribution in [0.4, 0.5) is 0 Å². The first kappa shape index (κ1) is 9.78. The molecule has 2 aromatic heterocycles. The Morgan fingerprint density at radius 1 is 1.67 bits per heavy atom. The number of thiazole rings is 1. The van der Waals surface area contributed by atoms with Gasteiger partial charge in [-0.05, 0) is 0 Å². The molecule has 15 heavy (non-hydrogen) atoms. The molecule has 0 radical (unpaired) electrons. The first-order chi connectivity index (χ1) is 7.29. The number of ether oxygens (including phenoxy) is 1. The van der Waals surface area contributed by atoms with Crippen LogP contribution >= 0.6 is 11.3 Å². The molecule has 0 saturated carbocycles. The number of hydrogen-bond acceptors (Lipinski definition) is 7. The van der Waals surface area contributed by atoms with Crippen molar-refractivity contribution < 1.29 is 14.1 Å². The lowest BCUT2D eigenvalue weighted by Gasteiger charge is -1.91. The maximum Gasteiger partial charge on any atom is 0.315 e. The molecular weight excluding hydrogens is 218 g/mol. The van der Waals surface area contributed by atoms with Crippen LogP contribution in [0.25, 0.3) is 11.5 Å². The Hall–Kier alpha value is -1.76. The summed E-state index contributed by atoms with van der Waals surface area (Å²) in [6, 6.07) is 0.